The number of carbonyl (C=O) groups excluding carboxylic acids is 1. The Bertz CT molecular complexity index is 1340. The van der Waals surface area contributed by atoms with E-state index in [1.54, 1.807) is 19.4 Å². The van der Waals surface area contributed by atoms with Gasteiger partial charge in [0.15, 0.2) is 0 Å². The molecule has 4 heteroatoms. The van der Waals surface area contributed by atoms with Gasteiger partial charge < -0.3 is 14.5 Å². The minimum Gasteiger partial charge on any atom is -0.496 e. The molecular formula is C29H29NO3. The van der Waals surface area contributed by atoms with Crippen LogP contribution in [0.2, 0.25) is 0 Å². The molecule has 0 aliphatic rings. The summed E-state index contributed by atoms with van der Waals surface area (Å²) < 4.78 is 11.7. The zero-order chi connectivity index (χ0) is 23.5. The summed E-state index contributed by atoms with van der Waals surface area (Å²) in [7, 11) is 1.65. The number of aryl methyl sites for hydroxylation is 3. The normalized spacial score (nSPS) is 11.6. The average molecular weight is 440 g/mol. The molecule has 0 saturated carbocycles. The van der Waals surface area contributed by atoms with Crippen molar-refractivity contribution in [2.24, 2.45) is 0 Å². The third-order valence-electron chi connectivity index (χ3n) is 6.04. The van der Waals surface area contributed by atoms with Crippen molar-refractivity contribution in [3.63, 3.8) is 0 Å². The van der Waals surface area contributed by atoms with Crippen molar-refractivity contribution in [1.82, 2.24) is 0 Å². The van der Waals surface area contributed by atoms with Crippen LogP contribution in [-0.2, 0) is 11.2 Å². The lowest BCUT2D eigenvalue weighted by atomic mass is 9.96. The van der Waals surface area contributed by atoms with Gasteiger partial charge >= 0.3 is 0 Å². The highest BCUT2D eigenvalue weighted by molar-refractivity contribution is 6.06. The lowest BCUT2D eigenvalue weighted by molar-refractivity contribution is -0.111. The highest BCUT2D eigenvalue weighted by atomic mass is 16.5. The van der Waals surface area contributed by atoms with E-state index >= 15 is 0 Å². The number of hydrogen-bond acceptors (Lipinski definition) is 3. The van der Waals surface area contributed by atoms with E-state index in [0.29, 0.717) is 5.75 Å². The van der Waals surface area contributed by atoms with Gasteiger partial charge in [-0.1, -0.05) is 55.0 Å². The first kappa shape index (κ1) is 22.4. The topological polar surface area (TPSA) is 51.5 Å². The van der Waals surface area contributed by atoms with Gasteiger partial charge in [0.05, 0.1) is 13.4 Å². The molecule has 0 aliphatic heterocycles. The van der Waals surface area contributed by atoms with Gasteiger partial charge in [-0.2, -0.15) is 0 Å². The lowest BCUT2D eigenvalue weighted by Crippen LogP contribution is -2.10. The van der Waals surface area contributed by atoms with E-state index < -0.39 is 0 Å². The molecule has 1 amide bonds. The number of para-hydroxylation sites is 1. The molecule has 4 aromatic rings. The van der Waals surface area contributed by atoms with Crippen LogP contribution < -0.4 is 10.1 Å². The van der Waals surface area contributed by atoms with E-state index in [4.69, 9.17) is 9.15 Å². The third-order valence-corrected chi connectivity index (χ3v) is 6.04. The molecule has 33 heavy (non-hydrogen) atoms. The Morgan fingerprint density at radius 3 is 2.52 bits per heavy atom. The van der Waals surface area contributed by atoms with E-state index in [0.717, 1.165) is 56.5 Å². The molecule has 0 unspecified atom stereocenters. The molecule has 0 fully saturated rings. The molecule has 4 nitrogen and oxygen atoms in total. The van der Waals surface area contributed by atoms with Gasteiger partial charge in [0, 0.05) is 33.8 Å². The molecule has 0 radical (unpaired) electrons. The molecular weight excluding hydrogens is 410 g/mol. The van der Waals surface area contributed by atoms with Crippen molar-refractivity contribution < 1.29 is 13.9 Å². The molecule has 0 bridgehead atoms. The number of rotatable bonds is 6. The standard InChI is InChI=1S/C29H29NO3/c1-6-21-9-7-8-10-26(21)30-27(31)15-19(3)23-16-24-25(22-13-11-18(2)12-14-22)17-33-29(24)20(4)28(23)32-5/h7-17H,6H2,1-5H3,(H,30,31)/b19-15+. The van der Waals surface area contributed by atoms with E-state index in [2.05, 4.69) is 49.5 Å². The summed E-state index contributed by atoms with van der Waals surface area (Å²) in [6, 6.07) is 18.3. The van der Waals surface area contributed by atoms with Crippen molar-refractivity contribution in [2.75, 3.05) is 12.4 Å². The van der Waals surface area contributed by atoms with Crippen LogP contribution in [0.3, 0.4) is 0 Å². The van der Waals surface area contributed by atoms with Crippen LogP contribution >= 0.6 is 0 Å². The second-order valence-electron chi connectivity index (χ2n) is 8.30. The summed E-state index contributed by atoms with van der Waals surface area (Å²) >= 11 is 0. The van der Waals surface area contributed by atoms with Crippen LogP contribution in [0.5, 0.6) is 5.75 Å². The number of nitrogens with one attached hydrogen (secondary N) is 1. The second-order valence-corrected chi connectivity index (χ2v) is 8.30. The van der Waals surface area contributed by atoms with Crippen molar-refractivity contribution in [1.29, 1.82) is 0 Å². The van der Waals surface area contributed by atoms with E-state index in [1.165, 1.54) is 5.56 Å². The van der Waals surface area contributed by atoms with Gasteiger partial charge in [-0.3, -0.25) is 4.79 Å². The number of hydrogen-bond donors (Lipinski definition) is 1. The number of benzene rings is 3. The Hall–Kier alpha value is -3.79. The molecule has 0 spiro atoms. The van der Waals surface area contributed by atoms with Gasteiger partial charge in [-0.15, -0.1) is 0 Å². The predicted octanol–water partition coefficient (Wildman–Crippen LogP) is 7.33. The average Bonchev–Trinajstić information content (AvgIpc) is 3.24. The molecule has 0 atom stereocenters. The van der Waals surface area contributed by atoms with Crippen LogP contribution in [0.25, 0.3) is 27.7 Å². The maximum atomic E-state index is 12.8. The number of anilines is 1. The van der Waals surface area contributed by atoms with Crippen molar-refractivity contribution in [3.05, 3.63) is 89.2 Å². The summed E-state index contributed by atoms with van der Waals surface area (Å²) in [5.41, 5.74) is 8.65. The number of carbonyl (C=O) groups is 1. The maximum Gasteiger partial charge on any atom is 0.248 e. The summed E-state index contributed by atoms with van der Waals surface area (Å²) in [5.74, 6) is 0.543. The first-order chi connectivity index (χ1) is 15.9. The third kappa shape index (κ3) is 4.42. The zero-order valence-electron chi connectivity index (χ0n) is 19.8. The Kier molecular flexibility index (Phi) is 6.36. The van der Waals surface area contributed by atoms with Crippen molar-refractivity contribution in [3.8, 4) is 16.9 Å². The van der Waals surface area contributed by atoms with Gasteiger partial charge in [-0.25, -0.2) is 0 Å². The molecule has 3 aromatic carbocycles. The van der Waals surface area contributed by atoms with E-state index in [1.807, 2.05) is 38.1 Å². The first-order valence-electron chi connectivity index (χ1n) is 11.2. The number of furan rings is 1. The highest BCUT2D eigenvalue weighted by Crippen LogP contribution is 2.40. The van der Waals surface area contributed by atoms with Crippen LogP contribution in [0.1, 0.15) is 36.1 Å². The molecule has 1 aromatic heterocycles. The summed E-state index contributed by atoms with van der Waals surface area (Å²) in [5, 5.41) is 4.01. The predicted molar refractivity (Wildman–Crippen MR) is 136 cm³/mol. The quantitative estimate of drug-likeness (QED) is 0.320. The first-order valence-corrected chi connectivity index (χ1v) is 11.2. The number of fused-ring (bicyclic) bond motifs is 1. The lowest BCUT2D eigenvalue weighted by Gasteiger charge is -2.14. The minimum atomic E-state index is -0.167. The van der Waals surface area contributed by atoms with Crippen LogP contribution in [0, 0.1) is 13.8 Å². The van der Waals surface area contributed by atoms with Gasteiger partial charge in [0.1, 0.15) is 11.3 Å². The van der Waals surface area contributed by atoms with Crippen LogP contribution in [0.15, 0.2) is 71.4 Å². The highest BCUT2D eigenvalue weighted by Gasteiger charge is 2.19. The Balaban J connectivity index is 1.76. The zero-order valence-corrected chi connectivity index (χ0v) is 19.8. The molecule has 168 valence electrons. The molecule has 4 rings (SSSR count). The fraction of sp³-hybridized carbons (Fsp3) is 0.207. The number of amides is 1. The van der Waals surface area contributed by atoms with Crippen molar-refractivity contribution >= 4 is 28.1 Å². The number of methoxy groups -OCH3 is 1. The fourth-order valence-electron chi connectivity index (χ4n) is 4.22. The number of allylic oxidation sites excluding steroid dienone is 1. The SMILES string of the molecule is CCc1ccccc1NC(=O)/C=C(\C)c1cc2c(-c3ccc(C)cc3)coc2c(C)c1OC. The molecule has 0 aliphatic carbocycles. The van der Waals surface area contributed by atoms with Gasteiger partial charge in [0.2, 0.25) is 5.91 Å². The minimum absolute atomic E-state index is 0.167. The van der Waals surface area contributed by atoms with Crippen LogP contribution in [0.4, 0.5) is 5.69 Å². The number of ether oxygens (including phenoxy) is 1. The summed E-state index contributed by atoms with van der Waals surface area (Å²) in [6.07, 6.45) is 4.27. The molecule has 1 heterocycles. The van der Waals surface area contributed by atoms with E-state index in [9.17, 15) is 4.79 Å². The van der Waals surface area contributed by atoms with Crippen LogP contribution in [-0.4, -0.2) is 13.0 Å². The largest absolute Gasteiger partial charge is 0.496 e. The maximum absolute atomic E-state index is 12.8. The second kappa shape index (κ2) is 9.37. The summed E-state index contributed by atoms with van der Waals surface area (Å²) in [4.78, 5) is 12.8. The Labute approximate surface area is 194 Å². The van der Waals surface area contributed by atoms with E-state index in [-0.39, 0.29) is 5.91 Å². The molecule has 1 N–H and O–H groups in total. The summed E-state index contributed by atoms with van der Waals surface area (Å²) in [6.45, 7) is 8.06. The fourth-order valence-corrected chi connectivity index (χ4v) is 4.22. The monoisotopic (exact) mass is 439 g/mol. The van der Waals surface area contributed by atoms with Crippen molar-refractivity contribution in [2.45, 2.75) is 34.1 Å². The van der Waals surface area contributed by atoms with Gasteiger partial charge in [0.25, 0.3) is 0 Å². The van der Waals surface area contributed by atoms with Gasteiger partial charge in [-0.05, 0) is 56.0 Å². The molecule has 0 saturated heterocycles. The smallest absolute Gasteiger partial charge is 0.248 e. The Morgan fingerprint density at radius 2 is 1.82 bits per heavy atom. The Morgan fingerprint density at radius 1 is 1.09 bits per heavy atom.